The Morgan fingerprint density at radius 2 is 1.91 bits per heavy atom. The number of carboxylic acids is 1. The van der Waals surface area contributed by atoms with E-state index in [1.807, 2.05) is 12.1 Å². The molecule has 1 fully saturated rings. The SMILES string of the molecule is COc1cc(F)c(N(Cc2cccnc2)c2ccc(C(=O)O)cc2)cc1OC1CCCC1. The zero-order valence-corrected chi connectivity index (χ0v) is 17.8. The summed E-state index contributed by atoms with van der Waals surface area (Å²) in [6.07, 6.45) is 7.64. The lowest BCUT2D eigenvalue weighted by atomic mass is 10.1. The van der Waals surface area contributed by atoms with Crippen LogP contribution in [0.25, 0.3) is 0 Å². The third-order valence-corrected chi connectivity index (χ3v) is 5.61. The van der Waals surface area contributed by atoms with Crippen molar-refractivity contribution < 1.29 is 23.8 Å². The summed E-state index contributed by atoms with van der Waals surface area (Å²) in [4.78, 5) is 17.2. The fraction of sp³-hybridized carbons (Fsp3) is 0.280. The summed E-state index contributed by atoms with van der Waals surface area (Å²) < 4.78 is 26.8. The van der Waals surface area contributed by atoms with Gasteiger partial charge in [0, 0.05) is 36.8 Å². The van der Waals surface area contributed by atoms with Crippen molar-refractivity contribution in [3.8, 4) is 11.5 Å². The number of rotatable bonds is 8. The number of pyridine rings is 1. The van der Waals surface area contributed by atoms with Gasteiger partial charge in [-0.3, -0.25) is 4.98 Å². The lowest BCUT2D eigenvalue weighted by Crippen LogP contribution is -2.19. The van der Waals surface area contributed by atoms with Gasteiger partial charge in [0.15, 0.2) is 17.3 Å². The fourth-order valence-corrected chi connectivity index (χ4v) is 3.94. The molecule has 6 nitrogen and oxygen atoms in total. The van der Waals surface area contributed by atoms with Crippen LogP contribution in [0.3, 0.4) is 0 Å². The smallest absolute Gasteiger partial charge is 0.335 e. The molecule has 0 aliphatic heterocycles. The standard InChI is InChI=1S/C25H25FN2O4/c1-31-23-13-21(26)22(14-24(23)32-20-6-2-3-7-20)28(16-17-5-4-12-27-15-17)19-10-8-18(9-11-19)25(29)30/h4-5,8-15,20H,2-3,6-7,16H2,1H3,(H,29,30). The molecule has 0 spiro atoms. The van der Waals surface area contributed by atoms with Gasteiger partial charge in [-0.15, -0.1) is 0 Å². The van der Waals surface area contributed by atoms with Crippen LogP contribution in [-0.4, -0.2) is 29.3 Å². The summed E-state index contributed by atoms with van der Waals surface area (Å²) in [6.45, 7) is 0.340. The number of hydrogen-bond donors (Lipinski definition) is 1. The molecule has 0 unspecified atom stereocenters. The van der Waals surface area contributed by atoms with Crippen LogP contribution in [0.4, 0.5) is 15.8 Å². The average molecular weight is 436 g/mol. The Balaban J connectivity index is 1.76. The van der Waals surface area contributed by atoms with Crippen molar-refractivity contribution in [1.82, 2.24) is 4.98 Å². The number of hydrogen-bond acceptors (Lipinski definition) is 5. The quantitative estimate of drug-likeness (QED) is 0.497. The Kier molecular flexibility index (Phi) is 6.54. The van der Waals surface area contributed by atoms with Gasteiger partial charge in [0.2, 0.25) is 0 Å². The number of ether oxygens (including phenoxy) is 2. The number of nitrogens with zero attached hydrogens (tertiary/aromatic N) is 2. The van der Waals surface area contributed by atoms with Crippen LogP contribution in [0.15, 0.2) is 60.9 Å². The highest BCUT2D eigenvalue weighted by Crippen LogP contribution is 2.39. The Morgan fingerprint density at radius 3 is 2.53 bits per heavy atom. The van der Waals surface area contributed by atoms with Crippen molar-refractivity contribution in [2.24, 2.45) is 0 Å². The van der Waals surface area contributed by atoms with E-state index in [1.165, 1.54) is 25.3 Å². The third-order valence-electron chi connectivity index (χ3n) is 5.61. The lowest BCUT2D eigenvalue weighted by Gasteiger charge is -2.27. The molecule has 0 saturated heterocycles. The molecule has 0 radical (unpaired) electrons. The van der Waals surface area contributed by atoms with Crippen molar-refractivity contribution >= 4 is 17.3 Å². The predicted octanol–water partition coefficient (Wildman–Crippen LogP) is 5.59. The molecule has 1 aromatic heterocycles. The van der Waals surface area contributed by atoms with Crippen molar-refractivity contribution in [2.75, 3.05) is 12.0 Å². The molecule has 1 heterocycles. The average Bonchev–Trinajstić information content (AvgIpc) is 3.32. The maximum absolute atomic E-state index is 15.3. The van der Waals surface area contributed by atoms with E-state index in [-0.39, 0.29) is 11.7 Å². The Morgan fingerprint density at radius 1 is 1.16 bits per heavy atom. The van der Waals surface area contributed by atoms with Crippen LogP contribution in [0.2, 0.25) is 0 Å². The zero-order chi connectivity index (χ0) is 22.5. The maximum atomic E-state index is 15.3. The number of carboxylic acid groups (broad SMARTS) is 1. The fourth-order valence-electron chi connectivity index (χ4n) is 3.94. The molecule has 0 atom stereocenters. The van der Waals surface area contributed by atoms with Crippen LogP contribution in [0.1, 0.15) is 41.6 Å². The van der Waals surface area contributed by atoms with Gasteiger partial charge in [0.25, 0.3) is 0 Å². The highest BCUT2D eigenvalue weighted by Gasteiger charge is 2.23. The van der Waals surface area contributed by atoms with Gasteiger partial charge >= 0.3 is 5.97 Å². The number of aromatic carboxylic acids is 1. The second-order valence-corrected chi connectivity index (χ2v) is 7.78. The molecule has 166 valence electrons. The molecule has 1 aliphatic rings. The molecule has 7 heteroatoms. The highest BCUT2D eigenvalue weighted by molar-refractivity contribution is 5.88. The minimum atomic E-state index is -1.02. The number of methoxy groups -OCH3 is 1. The van der Waals surface area contributed by atoms with Crippen LogP contribution in [0.5, 0.6) is 11.5 Å². The summed E-state index contributed by atoms with van der Waals surface area (Å²) in [5, 5.41) is 9.23. The van der Waals surface area contributed by atoms with Crippen molar-refractivity contribution in [1.29, 1.82) is 0 Å². The van der Waals surface area contributed by atoms with E-state index < -0.39 is 11.8 Å². The van der Waals surface area contributed by atoms with Crippen molar-refractivity contribution in [2.45, 2.75) is 38.3 Å². The molecule has 1 saturated carbocycles. The first kappa shape index (κ1) is 21.6. The number of benzene rings is 2. The molecule has 2 aromatic carbocycles. The minimum absolute atomic E-state index is 0.0869. The van der Waals surface area contributed by atoms with E-state index in [2.05, 4.69) is 4.98 Å². The maximum Gasteiger partial charge on any atom is 0.335 e. The first-order chi connectivity index (χ1) is 15.5. The van der Waals surface area contributed by atoms with Crippen LogP contribution in [-0.2, 0) is 6.54 Å². The van der Waals surface area contributed by atoms with Crippen LogP contribution >= 0.6 is 0 Å². The van der Waals surface area contributed by atoms with Gasteiger partial charge in [-0.2, -0.15) is 0 Å². The first-order valence-electron chi connectivity index (χ1n) is 10.6. The van der Waals surface area contributed by atoms with E-state index in [0.717, 1.165) is 31.2 Å². The Bertz CT molecular complexity index is 1070. The predicted molar refractivity (Wildman–Crippen MR) is 119 cm³/mol. The number of carbonyl (C=O) groups is 1. The summed E-state index contributed by atoms with van der Waals surface area (Å²) in [6, 6.07) is 13.1. The third kappa shape index (κ3) is 4.82. The molecule has 1 aliphatic carbocycles. The summed E-state index contributed by atoms with van der Waals surface area (Å²) in [7, 11) is 1.49. The number of aromatic nitrogens is 1. The van der Waals surface area contributed by atoms with Crippen LogP contribution in [0, 0.1) is 5.82 Å². The summed E-state index contributed by atoms with van der Waals surface area (Å²) in [5.74, 6) is -0.639. The zero-order valence-electron chi connectivity index (χ0n) is 17.8. The van der Waals surface area contributed by atoms with E-state index in [9.17, 15) is 9.90 Å². The largest absolute Gasteiger partial charge is 0.493 e. The molecule has 1 N–H and O–H groups in total. The summed E-state index contributed by atoms with van der Waals surface area (Å²) >= 11 is 0. The second-order valence-electron chi connectivity index (χ2n) is 7.78. The molecule has 0 amide bonds. The molecule has 32 heavy (non-hydrogen) atoms. The van der Waals surface area contributed by atoms with Gasteiger partial charge in [0.1, 0.15) is 0 Å². The number of anilines is 2. The molecule has 0 bridgehead atoms. The molecular formula is C25H25FN2O4. The lowest BCUT2D eigenvalue weighted by molar-refractivity contribution is 0.0697. The van der Waals surface area contributed by atoms with Gasteiger partial charge in [-0.25, -0.2) is 9.18 Å². The topological polar surface area (TPSA) is 71.9 Å². The Labute approximate surface area is 186 Å². The minimum Gasteiger partial charge on any atom is -0.493 e. The van der Waals surface area contributed by atoms with Crippen molar-refractivity contribution in [3.05, 3.63) is 77.9 Å². The van der Waals surface area contributed by atoms with Gasteiger partial charge in [-0.05, 0) is 61.6 Å². The van der Waals surface area contributed by atoms with Crippen molar-refractivity contribution in [3.63, 3.8) is 0 Å². The van der Waals surface area contributed by atoms with Gasteiger partial charge in [0.05, 0.1) is 24.5 Å². The first-order valence-corrected chi connectivity index (χ1v) is 10.6. The van der Waals surface area contributed by atoms with E-state index in [4.69, 9.17) is 9.47 Å². The highest BCUT2D eigenvalue weighted by atomic mass is 19.1. The second kappa shape index (κ2) is 9.68. The van der Waals surface area contributed by atoms with E-state index >= 15 is 4.39 Å². The van der Waals surface area contributed by atoms with Gasteiger partial charge < -0.3 is 19.5 Å². The molecular weight excluding hydrogens is 411 g/mol. The Hall–Kier alpha value is -3.61. The number of halogens is 1. The molecule has 4 rings (SSSR count). The monoisotopic (exact) mass is 436 g/mol. The van der Waals surface area contributed by atoms with Gasteiger partial charge in [-0.1, -0.05) is 6.07 Å². The van der Waals surface area contributed by atoms with E-state index in [1.54, 1.807) is 35.5 Å². The van der Waals surface area contributed by atoms with Crippen LogP contribution < -0.4 is 14.4 Å². The molecule has 3 aromatic rings. The van der Waals surface area contributed by atoms with E-state index in [0.29, 0.717) is 29.4 Å². The summed E-state index contributed by atoms with van der Waals surface area (Å²) in [5.41, 5.74) is 2.00. The normalized spacial score (nSPS) is 13.7.